The molecule has 0 unspecified atom stereocenters. The van der Waals surface area contributed by atoms with E-state index in [1.54, 1.807) is 5.56 Å². The highest BCUT2D eigenvalue weighted by molar-refractivity contribution is 5.85. The Hall–Kier alpha value is -0.530. The summed E-state index contributed by atoms with van der Waals surface area (Å²) in [5.41, 5.74) is 8.97. The third kappa shape index (κ3) is 1.19. The van der Waals surface area contributed by atoms with Crippen LogP contribution in [0.4, 0.5) is 0 Å². The van der Waals surface area contributed by atoms with Crippen LogP contribution in [0.25, 0.3) is 0 Å². The number of rotatable bonds is 2. The highest BCUT2D eigenvalue weighted by atomic mass is 35.5. The zero-order valence-corrected chi connectivity index (χ0v) is 9.02. The molecule has 3 fully saturated rings. The Morgan fingerprint density at radius 3 is 2.07 bits per heavy atom. The third-order valence-corrected chi connectivity index (χ3v) is 3.84. The van der Waals surface area contributed by atoms with E-state index >= 15 is 0 Å². The molecule has 0 aliphatic heterocycles. The molecule has 76 valence electrons. The number of hydrogen-bond donors (Lipinski definition) is 1. The fourth-order valence-corrected chi connectivity index (χ4v) is 2.83. The van der Waals surface area contributed by atoms with E-state index in [-0.39, 0.29) is 12.4 Å². The third-order valence-electron chi connectivity index (χ3n) is 3.84. The first-order valence-corrected chi connectivity index (χ1v) is 5.12. The van der Waals surface area contributed by atoms with Crippen molar-refractivity contribution in [1.82, 2.24) is 0 Å². The van der Waals surface area contributed by atoms with Crippen molar-refractivity contribution in [3.05, 3.63) is 35.4 Å². The molecule has 1 nitrogen and oxygen atoms in total. The van der Waals surface area contributed by atoms with Crippen LogP contribution in [0.2, 0.25) is 0 Å². The van der Waals surface area contributed by atoms with Gasteiger partial charge in [0.25, 0.3) is 0 Å². The fourth-order valence-electron chi connectivity index (χ4n) is 2.83. The van der Waals surface area contributed by atoms with Crippen LogP contribution in [-0.2, 0) is 12.0 Å². The van der Waals surface area contributed by atoms with Gasteiger partial charge < -0.3 is 5.73 Å². The number of halogens is 1. The molecule has 1 aromatic rings. The van der Waals surface area contributed by atoms with Crippen molar-refractivity contribution in [2.75, 3.05) is 0 Å². The molecule has 3 aliphatic carbocycles. The van der Waals surface area contributed by atoms with Gasteiger partial charge in [-0.25, -0.2) is 0 Å². The standard InChI is InChI=1S/C12H15N.ClH/c13-8-9-1-3-11(4-2-9)12-5-10(6-12)7-12;/h1-4,10H,5-8,13H2;1H. The summed E-state index contributed by atoms with van der Waals surface area (Å²) >= 11 is 0. The second kappa shape index (κ2) is 3.25. The molecule has 0 spiro atoms. The normalized spacial score (nSPS) is 32.5. The first kappa shape index (κ1) is 10.0. The molecule has 14 heavy (non-hydrogen) atoms. The van der Waals surface area contributed by atoms with Crippen molar-refractivity contribution < 1.29 is 0 Å². The predicted octanol–water partition coefficient (Wildman–Crippen LogP) is 2.62. The second-order valence-corrected chi connectivity index (χ2v) is 4.66. The smallest absolute Gasteiger partial charge is 0.0178 e. The van der Waals surface area contributed by atoms with Gasteiger partial charge in [0, 0.05) is 6.54 Å². The Bertz CT molecular complexity index is 314. The van der Waals surface area contributed by atoms with Crippen LogP contribution in [0.3, 0.4) is 0 Å². The van der Waals surface area contributed by atoms with E-state index in [1.165, 1.54) is 24.8 Å². The number of nitrogens with two attached hydrogens (primary N) is 1. The fraction of sp³-hybridized carbons (Fsp3) is 0.500. The van der Waals surface area contributed by atoms with Crippen molar-refractivity contribution in [2.45, 2.75) is 31.2 Å². The molecule has 0 saturated heterocycles. The number of hydrogen-bond acceptors (Lipinski definition) is 1. The summed E-state index contributed by atoms with van der Waals surface area (Å²) in [6.45, 7) is 0.663. The molecule has 1 aromatic carbocycles. The van der Waals surface area contributed by atoms with E-state index in [1.807, 2.05) is 0 Å². The minimum atomic E-state index is 0. The van der Waals surface area contributed by atoms with Crippen LogP contribution in [0.15, 0.2) is 24.3 Å². The molecule has 2 N–H and O–H groups in total. The Morgan fingerprint density at radius 2 is 1.71 bits per heavy atom. The Morgan fingerprint density at radius 1 is 1.14 bits per heavy atom. The van der Waals surface area contributed by atoms with Crippen molar-refractivity contribution in [3.63, 3.8) is 0 Å². The molecule has 3 saturated carbocycles. The molecular weight excluding hydrogens is 194 g/mol. The van der Waals surface area contributed by atoms with E-state index in [4.69, 9.17) is 5.73 Å². The maximum absolute atomic E-state index is 5.57. The molecule has 2 bridgehead atoms. The average Bonchev–Trinajstić information content (AvgIpc) is 2.00. The lowest BCUT2D eigenvalue weighted by Crippen LogP contribution is -2.55. The summed E-state index contributed by atoms with van der Waals surface area (Å²) in [4.78, 5) is 0. The maximum Gasteiger partial charge on any atom is 0.0178 e. The molecule has 0 amide bonds. The average molecular weight is 210 g/mol. The van der Waals surface area contributed by atoms with E-state index in [2.05, 4.69) is 24.3 Å². The van der Waals surface area contributed by atoms with Crippen LogP contribution >= 0.6 is 12.4 Å². The molecule has 0 heterocycles. The summed E-state index contributed by atoms with van der Waals surface area (Å²) in [6.07, 6.45) is 4.32. The zero-order chi connectivity index (χ0) is 8.89. The first-order valence-electron chi connectivity index (χ1n) is 5.12. The second-order valence-electron chi connectivity index (χ2n) is 4.66. The Kier molecular flexibility index (Phi) is 2.32. The minimum absolute atomic E-state index is 0. The van der Waals surface area contributed by atoms with Crippen molar-refractivity contribution in [1.29, 1.82) is 0 Å². The quantitative estimate of drug-likeness (QED) is 0.796. The zero-order valence-electron chi connectivity index (χ0n) is 8.20. The van der Waals surface area contributed by atoms with Gasteiger partial charge in [0.05, 0.1) is 0 Å². The lowest BCUT2D eigenvalue weighted by atomic mass is 9.42. The van der Waals surface area contributed by atoms with Gasteiger partial charge in [0.2, 0.25) is 0 Å². The van der Waals surface area contributed by atoms with Gasteiger partial charge in [0.1, 0.15) is 0 Å². The van der Waals surface area contributed by atoms with Crippen molar-refractivity contribution in [2.24, 2.45) is 11.7 Å². The summed E-state index contributed by atoms with van der Waals surface area (Å²) in [7, 11) is 0. The van der Waals surface area contributed by atoms with Gasteiger partial charge in [-0.05, 0) is 41.7 Å². The van der Waals surface area contributed by atoms with Gasteiger partial charge in [-0.1, -0.05) is 24.3 Å². The van der Waals surface area contributed by atoms with Crippen LogP contribution in [0, 0.1) is 5.92 Å². The topological polar surface area (TPSA) is 26.0 Å². The molecular formula is C12H16ClN. The van der Waals surface area contributed by atoms with Crippen LogP contribution in [-0.4, -0.2) is 0 Å². The Labute approximate surface area is 91.1 Å². The van der Waals surface area contributed by atoms with E-state index in [9.17, 15) is 0 Å². The molecule has 3 aliphatic rings. The van der Waals surface area contributed by atoms with Gasteiger partial charge in [-0.15, -0.1) is 12.4 Å². The molecule has 0 radical (unpaired) electrons. The largest absolute Gasteiger partial charge is 0.326 e. The van der Waals surface area contributed by atoms with Gasteiger partial charge >= 0.3 is 0 Å². The lowest BCUT2D eigenvalue weighted by molar-refractivity contribution is -0.0274. The minimum Gasteiger partial charge on any atom is -0.326 e. The molecule has 4 rings (SSSR count). The molecule has 0 atom stereocenters. The summed E-state index contributed by atoms with van der Waals surface area (Å²) in [6, 6.07) is 8.90. The van der Waals surface area contributed by atoms with Crippen molar-refractivity contribution in [3.8, 4) is 0 Å². The highest BCUT2D eigenvalue weighted by Gasteiger charge is 2.57. The monoisotopic (exact) mass is 209 g/mol. The maximum atomic E-state index is 5.57. The SMILES string of the molecule is Cl.NCc1ccc(C23CC(C2)C3)cc1. The van der Waals surface area contributed by atoms with E-state index < -0.39 is 0 Å². The predicted molar refractivity (Wildman–Crippen MR) is 60.6 cm³/mol. The van der Waals surface area contributed by atoms with E-state index in [0.717, 1.165) is 5.92 Å². The number of benzene rings is 1. The lowest BCUT2D eigenvalue weighted by Gasteiger charge is -2.62. The van der Waals surface area contributed by atoms with Crippen LogP contribution < -0.4 is 5.73 Å². The van der Waals surface area contributed by atoms with Gasteiger partial charge in [-0.3, -0.25) is 0 Å². The van der Waals surface area contributed by atoms with Crippen molar-refractivity contribution >= 4 is 12.4 Å². The van der Waals surface area contributed by atoms with Crippen LogP contribution in [0.5, 0.6) is 0 Å². The van der Waals surface area contributed by atoms with Gasteiger partial charge in [0.15, 0.2) is 0 Å². The summed E-state index contributed by atoms with van der Waals surface area (Å²) in [5.74, 6) is 1.06. The molecule has 2 heteroatoms. The van der Waals surface area contributed by atoms with Gasteiger partial charge in [-0.2, -0.15) is 0 Å². The first-order chi connectivity index (χ1) is 6.32. The Balaban J connectivity index is 0.000000750. The highest BCUT2D eigenvalue weighted by Crippen LogP contribution is 2.64. The summed E-state index contributed by atoms with van der Waals surface area (Å²) < 4.78 is 0. The van der Waals surface area contributed by atoms with E-state index in [0.29, 0.717) is 12.0 Å². The molecule has 0 aromatic heterocycles. The summed E-state index contributed by atoms with van der Waals surface area (Å²) in [5, 5.41) is 0. The van der Waals surface area contributed by atoms with Crippen LogP contribution in [0.1, 0.15) is 30.4 Å².